The minimum Gasteiger partial charge on any atom is -0.461 e. The van der Waals surface area contributed by atoms with E-state index in [1.165, 1.54) is 0 Å². The monoisotopic (exact) mass is 358 g/mol. The highest BCUT2D eigenvalue weighted by Gasteiger charge is 2.25. The normalized spacial score (nSPS) is 11.3. The van der Waals surface area contributed by atoms with Gasteiger partial charge in [-0.2, -0.15) is 0 Å². The molecule has 0 unspecified atom stereocenters. The zero-order chi connectivity index (χ0) is 19.4. The molecule has 10 nitrogen and oxygen atoms in total. The summed E-state index contributed by atoms with van der Waals surface area (Å²) < 4.78 is 14.3. The van der Waals surface area contributed by atoms with Crippen LogP contribution in [-0.2, 0) is 28.6 Å². The molecule has 1 atom stereocenters. The zero-order valence-corrected chi connectivity index (χ0v) is 14.7. The molecule has 0 aliphatic heterocycles. The van der Waals surface area contributed by atoms with Crippen molar-refractivity contribution in [2.45, 2.75) is 52.7 Å². The van der Waals surface area contributed by atoms with Gasteiger partial charge in [-0.25, -0.2) is 9.59 Å². The molecule has 2 N–H and O–H groups in total. The van der Waals surface area contributed by atoms with E-state index in [1.54, 1.807) is 27.7 Å². The average molecular weight is 358 g/mol. The quantitative estimate of drug-likeness (QED) is 0.193. The van der Waals surface area contributed by atoms with Crippen molar-refractivity contribution >= 4 is 30.0 Å². The lowest BCUT2D eigenvalue weighted by Gasteiger charge is -2.18. The number of ether oxygens (including phenoxy) is 3. The highest BCUT2D eigenvalue weighted by molar-refractivity contribution is 6.25. The van der Waals surface area contributed by atoms with E-state index in [2.05, 4.69) is 19.6 Å². The Hall–Kier alpha value is -2.74. The molecule has 0 bridgehead atoms. The molecule has 0 fully saturated rings. The molecular weight excluding hydrogens is 334 g/mol. The number of hydrogen-bond acceptors (Lipinski definition) is 8. The van der Waals surface area contributed by atoms with Crippen LogP contribution in [0.25, 0.3) is 0 Å². The lowest BCUT2D eigenvalue weighted by molar-refractivity contribution is -0.156. The Morgan fingerprint density at radius 2 is 1.72 bits per heavy atom. The molecular formula is C15H24N3O7+. The van der Waals surface area contributed by atoms with Gasteiger partial charge in [-0.3, -0.25) is 9.59 Å². The van der Waals surface area contributed by atoms with Crippen LogP contribution in [0.2, 0.25) is 0 Å². The SMILES string of the molecule is CC(C)OC(=O)[C@H](CCC(=O)C=[N+]=N)NC(=O)OCOC(=O)C(C)C. The van der Waals surface area contributed by atoms with Gasteiger partial charge in [-0.1, -0.05) is 13.8 Å². The van der Waals surface area contributed by atoms with Gasteiger partial charge in [0.1, 0.15) is 6.04 Å². The lowest BCUT2D eigenvalue weighted by Crippen LogP contribution is -2.43. The van der Waals surface area contributed by atoms with E-state index in [-0.39, 0.29) is 18.8 Å². The molecule has 0 aromatic heterocycles. The first-order valence-corrected chi connectivity index (χ1v) is 7.70. The summed E-state index contributed by atoms with van der Waals surface area (Å²) in [5.74, 6) is -2.12. The van der Waals surface area contributed by atoms with Crippen molar-refractivity contribution in [3.63, 3.8) is 0 Å². The Morgan fingerprint density at radius 3 is 2.24 bits per heavy atom. The van der Waals surface area contributed by atoms with Crippen LogP contribution in [0.3, 0.4) is 0 Å². The number of amides is 1. The molecule has 0 saturated carbocycles. The topological polar surface area (TPSA) is 146 Å². The van der Waals surface area contributed by atoms with Crippen molar-refractivity contribution in [3.8, 4) is 0 Å². The number of ketones is 1. The third-order valence-electron chi connectivity index (χ3n) is 2.68. The Balaban J connectivity index is 4.61. The fraction of sp³-hybridized carbons (Fsp3) is 0.667. The van der Waals surface area contributed by atoms with Crippen molar-refractivity contribution in [3.05, 3.63) is 0 Å². The summed E-state index contributed by atoms with van der Waals surface area (Å²) in [6.45, 7) is 5.92. The molecule has 0 radical (unpaired) electrons. The summed E-state index contributed by atoms with van der Waals surface area (Å²) in [6.07, 6.45) is -0.788. The van der Waals surface area contributed by atoms with Gasteiger partial charge in [0.25, 0.3) is 0 Å². The molecule has 0 spiro atoms. The molecule has 10 heteroatoms. The minimum absolute atomic E-state index is 0.0582. The Morgan fingerprint density at radius 1 is 1.08 bits per heavy atom. The van der Waals surface area contributed by atoms with Crippen molar-refractivity contribution in [1.82, 2.24) is 5.32 Å². The highest BCUT2D eigenvalue weighted by atomic mass is 16.7. The number of Topliss-reactive ketones (excluding diaryl/α,β-unsaturated/α-hetero) is 1. The van der Waals surface area contributed by atoms with E-state index in [0.717, 1.165) is 6.21 Å². The second kappa shape index (κ2) is 11.7. The molecule has 0 aliphatic rings. The lowest BCUT2D eigenvalue weighted by atomic mass is 10.1. The van der Waals surface area contributed by atoms with Crippen LogP contribution in [0.1, 0.15) is 40.5 Å². The second-order valence-corrected chi connectivity index (χ2v) is 5.61. The van der Waals surface area contributed by atoms with E-state index < -0.39 is 42.8 Å². The molecule has 0 aromatic carbocycles. The van der Waals surface area contributed by atoms with E-state index in [1.807, 2.05) is 0 Å². The number of carbonyl (C=O) groups excluding carboxylic acids is 4. The van der Waals surface area contributed by atoms with E-state index in [0.29, 0.717) is 0 Å². The summed E-state index contributed by atoms with van der Waals surface area (Å²) in [7, 11) is 0. The summed E-state index contributed by atoms with van der Waals surface area (Å²) in [5, 5.41) is 2.25. The standard InChI is InChI=1S/C15H23N3O7/c1-9(2)13(20)23-8-24-15(22)18-12(14(21)25-10(3)4)6-5-11(19)7-17-16/h7,9-10,12,16H,5-6,8H2,1-4H3/p+1/t12-/m0/s1. The van der Waals surface area contributed by atoms with Crippen LogP contribution in [-0.4, -0.2) is 53.8 Å². The number of alkyl carbamates (subject to hydrolysis) is 1. The van der Waals surface area contributed by atoms with Crippen LogP contribution in [0.4, 0.5) is 4.79 Å². The molecule has 0 saturated heterocycles. The largest absolute Gasteiger partial charge is 0.461 e. The Bertz CT molecular complexity index is 539. The zero-order valence-electron chi connectivity index (χ0n) is 14.7. The maximum absolute atomic E-state index is 12.0. The van der Waals surface area contributed by atoms with Gasteiger partial charge in [0.05, 0.1) is 22.3 Å². The first kappa shape index (κ1) is 22.3. The van der Waals surface area contributed by atoms with Gasteiger partial charge >= 0.3 is 24.2 Å². The first-order chi connectivity index (χ1) is 11.7. The van der Waals surface area contributed by atoms with Crippen LogP contribution in [0.15, 0.2) is 0 Å². The van der Waals surface area contributed by atoms with E-state index >= 15 is 0 Å². The summed E-state index contributed by atoms with van der Waals surface area (Å²) in [4.78, 5) is 49.1. The molecule has 0 heterocycles. The Kier molecular flexibility index (Phi) is 10.5. The maximum atomic E-state index is 12.0. The van der Waals surface area contributed by atoms with Gasteiger partial charge in [0.15, 0.2) is 0 Å². The van der Waals surface area contributed by atoms with Crippen LogP contribution < -0.4 is 5.32 Å². The van der Waals surface area contributed by atoms with Gasteiger partial charge in [-0.05, 0) is 20.3 Å². The van der Waals surface area contributed by atoms with Crippen LogP contribution in [0, 0.1) is 11.4 Å². The van der Waals surface area contributed by atoms with Gasteiger partial charge in [0, 0.05) is 6.42 Å². The van der Waals surface area contributed by atoms with Gasteiger partial charge < -0.3 is 19.5 Å². The number of nitrogens with one attached hydrogen (secondary N) is 2. The van der Waals surface area contributed by atoms with Crippen LogP contribution in [0.5, 0.6) is 0 Å². The van der Waals surface area contributed by atoms with Gasteiger partial charge in [0.2, 0.25) is 12.6 Å². The maximum Gasteiger partial charge on any atom is 0.410 e. The first-order valence-electron chi connectivity index (χ1n) is 7.70. The van der Waals surface area contributed by atoms with Crippen LogP contribution >= 0.6 is 0 Å². The molecule has 0 rings (SSSR count). The van der Waals surface area contributed by atoms with Crippen molar-refractivity contribution in [2.75, 3.05) is 6.79 Å². The van der Waals surface area contributed by atoms with Gasteiger partial charge in [-0.15, -0.1) is 0 Å². The number of esters is 2. The predicted molar refractivity (Wildman–Crippen MR) is 83.7 cm³/mol. The van der Waals surface area contributed by atoms with E-state index in [4.69, 9.17) is 10.3 Å². The number of nitrogens with zero attached hydrogens (tertiary/aromatic N) is 1. The fourth-order valence-electron chi connectivity index (χ4n) is 1.48. The Labute approximate surface area is 145 Å². The fourth-order valence-corrected chi connectivity index (χ4v) is 1.48. The molecule has 140 valence electrons. The highest BCUT2D eigenvalue weighted by Crippen LogP contribution is 2.04. The average Bonchev–Trinajstić information content (AvgIpc) is 2.50. The summed E-state index contributed by atoms with van der Waals surface area (Å²) in [5.41, 5.74) is 6.58. The third-order valence-corrected chi connectivity index (χ3v) is 2.68. The number of rotatable bonds is 10. The van der Waals surface area contributed by atoms with E-state index in [9.17, 15) is 19.2 Å². The number of hydrogen-bond donors (Lipinski definition) is 2. The smallest absolute Gasteiger partial charge is 0.410 e. The van der Waals surface area contributed by atoms with Crippen molar-refractivity contribution < 1.29 is 38.2 Å². The summed E-state index contributed by atoms with van der Waals surface area (Å²) in [6, 6.07) is -1.13. The minimum atomic E-state index is -1.13. The van der Waals surface area contributed by atoms with Crippen molar-refractivity contribution in [1.29, 1.82) is 5.53 Å². The molecule has 1 amide bonds. The van der Waals surface area contributed by atoms with Crippen molar-refractivity contribution in [2.24, 2.45) is 5.92 Å². The predicted octanol–water partition coefficient (Wildman–Crippen LogP) is 0.849. The molecule has 25 heavy (non-hydrogen) atoms. The summed E-state index contributed by atoms with van der Waals surface area (Å²) >= 11 is 0. The third kappa shape index (κ3) is 10.6. The molecule has 0 aliphatic carbocycles. The molecule has 0 aromatic rings. The second-order valence-electron chi connectivity index (χ2n) is 5.61. The number of carbonyl (C=O) groups is 4.